The quantitative estimate of drug-likeness (QED) is 0.548. The number of rotatable bonds is 4. The summed E-state index contributed by atoms with van der Waals surface area (Å²) in [6.07, 6.45) is 1.60. The van der Waals surface area contributed by atoms with Crippen LogP contribution in [0.1, 0.15) is 13.8 Å². The van der Waals surface area contributed by atoms with Crippen molar-refractivity contribution < 1.29 is 29.3 Å². The molecule has 90 valence electrons. The van der Waals surface area contributed by atoms with Crippen molar-refractivity contribution in [2.24, 2.45) is 0 Å². The number of carboxylic acid groups (broad SMARTS) is 2. The van der Waals surface area contributed by atoms with Gasteiger partial charge >= 0.3 is 17.9 Å². The number of esters is 1. The van der Waals surface area contributed by atoms with Gasteiger partial charge in [-0.15, -0.1) is 0 Å². The van der Waals surface area contributed by atoms with Crippen molar-refractivity contribution in [1.29, 1.82) is 0 Å². The molecule has 0 unspecified atom stereocenters. The monoisotopic (exact) mass is 230 g/mol. The summed E-state index contributed by atoms with van der Waals surface area (Å²) in [7, 11) is 0. The Balaban J connectivity index is 0. The van der Waals surface area contributed by atoms with Crippen LogP contribution in [0.5, 0.6) is 0 Å². The molecule has 6 nitrogen and oxygen atoms in total. The van der Waals surface area contributed by atoms with Crippen LogP contribution in [0.25, 0.3) is 0 Å². The number of carboxylic acids is 2. The number of aliphatic carboxylic acids is 2. The zero-order chi connectivity index (χ0) is 13.1. The molecular formula is C10H14O6. The van der Waals surface area contributed by atoms with Gasteiger partial charge in [0.15, 0.2) is 0 Å². The SMILES string of the molecule is C=C(C)C(=O)O.CCOC(=O)/C=C\C(=O)O. The van der Waals surface area contributed by atoms with Crippen LogP contribution in [0.3, 0.4) is 0 Å². The lowest BCUT2D eigenvalue weighted by atomic mass is 10.4. The van der Waals surface area contributed by atoms with E-state index in [0.29, 0.717) is 0 Å². The highest BCUT2D eigenvalue weighted by molar-refractivity contribution is 5.90. The second-order valence-corrected chi connectivity index (χ2v) is 2.51. The lowest BCUT2D eigenvalue weighted by Gasteiger charge is -1.92. The van der Waals surface area contributed by atoms with Crippen molar-refractivity contribution in [1.82, 2.24) is 0 Å². The molecule has 0 saturated heterocycles. The Bertz CT molecular complexity index is 290. The molecule has 0 aromatic rings. The minimum Gasteiger partial charge on any atom is -0.478 e. The molecule has 0 spiro atoms. The Hall–Kier alpha value is -2.11. The molecular weight excluding hydrogens is 216 g/mol. The summed E-state index contributed by atoms with van der Waals surface area (Å²) in [5.41, 5.74) is 0.176. The van der Waals surface area contributed by atoms with Crippen molar-refractivity contribution in [3.8, 4) is 0 Å². The summed E-state index contributed by atoms with van der Waals surface area (Å²) in [5.74, 6) is -2.73. The summed E-state index contributed by atoms with van der Waals surface area (Å²) < 4.78 is 4.40. The van der Waals surface area contributed by atoms with Crippen molar-refractivity contribution >= 4 is 17.9 Å². The van der Waals surface area contributed by atoms with Gasteiger partial charge in [0.1, 0.15) is 0 Å². The predicted molar refractivity (Wildman–Crippen MR) is 55.9 cm³/mol. The highest BCUT2D eigenvalue weighted by Gasteiger charge is 1.94. The second-order valence-electron chi connectivity index (χ2n) is 2.51. The molecule has 2 N–H and O–H groups in total. The maximum absolute atomic E-state index is 10.4. The lowest BCUT2D eigenvalue weighted by molar-refractivity contribution is -0.138. The first-order chi connectivity index (χ1) is 7.31. The molecule has 0 radical (unpaired) electrons. The van der Waals surface area contributed by atoms with Gasteiger partial charge in [-0.3, -0.25) is 0 Å². The highest BCUT2D eigenvalue weighted by atomic mass is 16.5. The fourth-order valence-electron chi connectivity index (χ4n) is 0.330. The Labute approximate surface area is 92.8 Å². The van der Waals surface area contributed by atoms with Crippen LogP contribution >= 0.6 is 0 Å². The zero-order valence-electron chi connectivity index (χ0n) is 9.10. The van der Waals surface area contributed by atoms with Crippen molar-refractivity contribution in [3.05, 3.63) is 24.3 Å². The van der Waals surface area contributed by atoms with E-state index in [2.05, 4.69) is 11.3 Å². The Kier molecular flexibility index (Phi) is 9.64. The van der Waals surface area contributed by atoms with E-state index in [9.17, 15) is 14.4 Å². The molecule has 0 rings (SSSR count). The summed E-state index contributed by atoms with van der Waals surface area (Å²) in [4.78, 5) is 29.8. The summed E-state index contributed by atoms with van der Waals surface area (Å²) in [5, 5.41) is 15.9. The first kappa shape index (κ1) is 16.3. The largest absolute Gasteiger partial charge is 0.478 e. The smallest absolute Gasteiger partial charge is 0.330 e. The van der Waals surface area contributed by atoms with E-state index in [1.54, 1.807) is 6.92 Å². The number of carbonyl (C=O) groups is 3. The van der Waals surface area contributed by atoms with Crippen LogP contribution in [0, 0.1) is 0 Å². The minimum atomic E-state index is -1.16. The maximum atomic E-state index is 10.4. The van der Waals surface area contributed by atoms with Gasteiger partial charge in [0, 0.05) is 17.7 Å². The normalized spacial score (nSPS) is 8.88. The third-order valence-corrected chi connectivity index (χ3v) is 1.01. The molecule has 0 aromatic heterocycles. The van der Waals surface area contributed by atoms with Gasteiger partial charge in [-0.2, -0.15) is 0 Å². The van der Waals surface area contributed by atoms with Crippen LogP contribution < -0.4 is 0 Å². The number of carbonyl (C=O) groups excluding carboxylic acids is 1. The molecule has 0 aliphatic heterocycles. The molecule has 0 aromatic carbocycles. The number of ether oxygens (including phenoxy) is 1. The number of hydrogen-bond acceptors (Lipinski definition) is 4. The van der Waals surface area contributed by atoms with E-state index < -0.39 is 17.9 Å². The fourth-order valence-corrected chi connectivity index (χ4v) is 0.330. The van der Waals surface area contributed by atoms with Crippen LogP contribution in [-0.4, -0.2) is 34.7 Å². The Morgan fingerprint density at radius 2 is 1.69 bits per heavy atom. The topological polar surface area (TPSA) is 101 Å². The van der Waals surface area contributed by atoms with Gasteiger partial charge in [-0.25, -0.2) is 14.4 Å². The van der Waals surface area contributed by atoms with Gasteiger partial charge in [0.25, 0.3) is 0 Å². The van der Waals surface area contributed by atoms with Gasteiger partial charge in [0.2, 0.25) is 0 Å². The zero-order valence-corrected chi connectivity index (χ0v) is 9.10. The van der Waals surface area contributed by atoms with Crippen molar-refractivity contribution in [2.75, 3.05) is 6.61 Å². The first-order valence-corrected chi connectivity index (χ1v) is 4.27. The second kappa shape index (κ2) is 9.45. The molecule has 0 heterocycles. The number of hydrogen-bond donors (Lipinski definition) is 2. The predicted octanol–water partition coefficient (Wildman–Crippen LogP) is 0.837. The van der Waals surface area contributed by atoms with Gasteiger partial charge in [-0.1, -0.05) is 6.58 Å². The lowest BCUT2D eigenvalue weighted by Crippen LogP contribution is -2.00. The molecule has 0 amide bonds. The Morgan fingerprint density at radius 3 is 1.94 bits per heavy atom. The van der Waals surface area contributed by atoms with E-state index >= 15 is 0 Å². The molecule has 6 heteroatoms. The van der Waals surface area contributed by atoms with E-state index in [-0.39, 0.29) is 12.2 Å². The summed E-state index contributed by atoms with van der Waals surface area (Å²) in [6.45, 7) is 6.50. The van der Waals surface area contributed by atoms with E-state index in [1.165, 1.54) is 6.92 Å². The molecule has 0 aliphatic carbocycles. The van der Waals surface area contributed by atoms with Crippen LogP contribution in [0.15, 0.2) is 24.3 Å². The fraction of sp³-hybridized carbons (Fsp3) is 0.300. The van der Waals surface area contributed by atoms with Gasteiger partial charge in [-0.05, 0) is 13.8 Å². The standard InChI is InChI=1S/C6H8O4.C4H6O2/c1-2-10-6(9)4-3-5(7)8;1-3(2)4(5)6/h3-4H,2H2,1H3,(H,7,8);1H2,2H3,(H,5,6)/b4-3-;. The highest BCUT2D eigenvalue weighted by Crippen LogP contribution is 1.81. The molecule has 16 heavy (non-hydrogen) atoms. The van der Waals surface area contributed by atoms with Crippen LogP contribution in [-0.2, 0) is 19.1 Å². The Morgan fingerprint density at radius 1 is 1.25 bits per heavy atom. The van der Waals surface area contributed by atoms with Gasteiger partial charge < -0.3 is 14.9 Å². The minimum absolute atomic E-state index is 0.176. The maximum Gasteiger partial charge on any atom is 0.330 e. The summed E-state index contributed by atoms with van der Waals surface area (Å²) in [6, 6.07) is 0. The van der Waals surface area contributed by atoms with Crippen LogP contribution in [0.4, 0.5) is 0 Å². The third-order valence-electron chi connectivity index (χ3n) is 1.01. The van der Waals surface area contributed by atoms with Gasteiger partial charge in [0.05, 0.1) is 6.61 Å². The molecule has 0 saturated carbocycles. The molecule has 0 bridgehead atoms. The van der Waals surface area contributed by atoms with E-state index in [4.69, 9.17) is 10.2 Å². The van der Waals surface area contributed by atoms with Crippen molar-refractivity contribution in [2.45, 2.75) is 13.8 Å². The van der Waals surface area contributed by atoms with Crippen molar-refractivity contribution in [3.63, 3.8) is 0 Å². The van der Waals surface area contributed by atoms with Crippen LogP contribution in [0.2, 0.25) is 0 Å². The average Bonchev–Trinajstić information content (AvgIpc) is 2.16. The molecule has 0 aliphatic rings. The third kappa shape index (κ3) is 14.4. The average molecular weight is 230 g/mol. The molecule has 0 fully saturated rings. The van der Waals surface area contributed by atoms with E-state index in [1.807, 2.05) is 0 Å². The van der Waals surface area contributed by atoms with E-state index in [0.717, 1.165) is 12.2 Å². The summed E-state index contributed by atoms with van der Waals surface area (Å²) >= 11 is 0. The molecule has 0 atom stereocenters. The first-order valence-electron chi connectivity index (χ1n) is 4.27.